The molecule has 172 valence electrons. The zero-order valence-electron chi connectivity index (χ0n) is 18.1. The largest absolute Gasteiger partial charge is 0.476 e. The van der Waals surface area contributed by atoms with Gasteiger partial charge in [0.05, 0.1) is 5.88 Å². The lowest BCUT2D eigenvalue weighted by atomic mass is 9.77. The van der Waals surface area contributed by atoms with Crippen LogP contribution in [0.2, 0.25) is 0 Å². The minimum atomic E-state index is -1.23. The molecule has 0 atom stereocenters. The molecule has 0 bridgehead atoms. The molecule has 8 heteroatoms. The van der Waals surface area contributed by atoms with Gasteiger partial charge in [-0.25, -0.2) is 9.78 Å². The van der Waals surface area contributed by atoms with Gasteiger partial charge < -0.3 is 15.3 Å². The minimum Gasteiger partial charge on any atom is -0.476 e. The van der Waals surface area contributed by atoms with Crippen LogP contribution in [0.5, 0.6) is 0 Å². The molecule has 0 saturated heterocycles. The van der Waals surface area contributed by atoms with Crippen LogP contribution in [0.1, 0.15) is 22.4 Å². The second kappa shape index (κ2) is 11.0. The number of benzene rings is 3. The van der Waals surface area contributed by atoms with E-state index in [1.54, 1.807) is 5.38 Å². The third-order valence-electron chi connectivity index (χ3n) is 5.19. The Bertz CT molecular complexity index is 1150. The molecule has 0 spiro atoms. The van der Waals surface area contributed by atoms with Gasteiger partial charge in [0.1, 0.15) is 17.8 Å². The zero-order valence-corrected chi connectivity index (χ0v) is 19.7. The molecule has 34 heavy (non-hydrogen) atoms. The van der Waals surface area contributed by atoms with Crippen molar-refractivity contribution < 1.29 is 14.7 Å². The van der Waals surface area contributed by atoms with Crippen LogP contribution in [-0.2, 0) is 15.2 Å². The van der Waals surface area contributed by atoms with Gasteiger partial charge in [0.2, 0.25) is 5.71 Å². The van der Waals surface area contributed by atoms with E-state index in [4.69, 9.17) is 16.4 Å². The number of alkyl halides is 1. The number of halogens is 1. The summed E-state index contributed by atoms with van der Waals surface area (Å²) in [6.07, 6.45) is 0. The van der Waals surface area contributed by atoms with Gasteiger partial charge in [0.25, 0.3) is 0 Å². The highest BCUT2D eigenvalue weighted by molar-refractivity contribution is 7.14. The van der Waals surface area contributed by atoms with E-state index >= 15 is 0 Å². The van der Waals surface area contributed by atoms with Crippen molar-refractivity contribution in [3.63, 3.8) is 0 Å². The second-order valence-corrected chi connectivity index (χ2v) is 8.51. The van der Waals surface area contributed by atoms with Crippen LogP contribution in [-0.4, -0.2) is 34.3 Å². The summed E-state index contributed by atoms with van der Waals surface area (Å²) >= 11 is 6.89. The number of hydrogen-bond donors (Lipinski definition) is 2. The average molecular weight is 492 g/mol. The van der Waals surface area contributed by atoms with Crippen molar-refractivity contribution in [3.8, 4) is 0 Å². The quantitative estimate of drug-likeness (QED) is 0.0992. The number of carbonyl (C=O) groups is 1. The number of carboxylic acids is 1. The fourth-order valence-electron chi connectivity index (χ4n) is 3.72. The van der Waals surface area contributed by atoms with Gasteiger partial charge in [-0.05, 0) is 16.7 Å². The maximum absolute atomic E-state index is 11.8. The number of aromatic nitrogens is 1. The standard InChI is InChI=1S/C26H22ClN3O3S/c27-16-17-33-30-23(24(31)32)22-18-34-25(28-22)29-26(19-10-4-1-5-11-19,20-12-6-2-7-13-20)21-14-8-3-9-15-21/h1-15,18H,16-17H2,(H,28,29)(H,31,32). The molecule has 2 N–H and O–H groups in total. The smallest absolute Gasteiger partial charge is 0.360 e. The maximum atomic E-state index is 11.8. The van der Waals surface area contributed by atoms with Crippen LogP contribution in [0.4, 0.5) is 5.13 Å². The Labute approximate surface area is 206 Å². The number of aliphatic carboxylic acids is 1. The molecule has 0 aliphatic rings. The summed E-state index contributed by atoms with van der Waals surface area (Å²) in [6, 6.07) is 30.3. The molecule has 3 aromatic carbocycles. The van der Waals surface area contributed by atoms with Crippen molar-refractivity contribution in [3.05, 3.63) is 119 Å². The van der Waals surface area contributed by atoms with E-state index in [-0.39, 0.29) is 23.9 Å². The van der Waals surface area contributed by atoms with E-state index < -0.39 is 11.5 Å². The van der Waals surface area contributed by atoms with E-state index in [2.05, 4.69) is 51.9 Å². The predicted octanol–water partition coefficient (Wildman–Crippen LogP) is 5.59. The molecule has 6 nitrogen and oxygen atoms in total. The Morgan fingerprint density at radius 1 is 0.941 bits per heavy atom. The Morgan fingerprint density at radius 3 is 1.88 bits per heavy atom. The van der Waals surface area contributed by atoms with Crippen molar-refractivity contribution in [2.45, 2.75) is 5.54 Å². The Kier molecular flexibility index (Phi) is 7.57. The number of hydrogen-bond acceptors (Lipinski definition) is 6. The van der Waals surface area contributed by atoms with Crippen LogP contribution < -0.4 is 5.32 Å². The van der Waals surface area contributed by atoms with E-state index in [0.717, 1.165) is 16.7 Å². The first-order valence-corrected chi connectivity index (χ1v) is 12.0. The molecule has 0 aliphatic carbocycles. The molecular weight excluding hydrogens is 470 g/mol. The van der Waals surface area contributed by atoms with Gasteiger partial charge in [0, 0.05) is 5.38 Å². The SMILES string of the molecule is O=C(O)C(=NOCCCl)c1csc(NC(c2ccccc2)(c2ccccc2)c2ccccc2)n1. The highest BCUT2D eigenvalue weighted by Gasteiger charge is 2.37. The van der Waals surface area contributed by atoms with E-state index in [9.17, 15) is 9.90 Å². The highest BCUT2D eigenvalue weighted by Crippen LogP contribution is 2.40. The van der Waals surface area contributed by atoms with Gasteiger partial charge in [-0.1, -0.05) is 96.2 Å². The number of carboxylic acid groups (broad SMARTS) is 1. The molecule has 0 radical (unpaired) electrons. The molecule has 0 saturated carbocycles. The number of oxime groups is 1. The van der Waals surface area contributed by atoms with Gasteiger partial charge in [-0.2, -0.15) is 0 Å². The maximum Gasteiger partial charge on any atom is 0.360 e. The third-order valence-corrected chi connectivity index (χ3v) is 6.10. The van der Waals surface area contributed by atoms with Crippen molar-refractivity contribution in [1.82, 2.24) is 4.98 Å². The fourth-order valence-corrected chi connectivity index (χ4v) is 4.54. The van der Waals surface area contributed by atoms with Crippen molar-refractivity contribution in [1.29, 1.82) is 0 Å². The Balaban J connectivity index is 1.84. The molecule has 4 aromatic rings. The summed E-state index contributed by atoms with van der Waals surface area (Å²) in [5.41, 5.74) is 2.20. The average Bonchev–Trinajstić information content (AvgIpc) is 3.34. The zero-order chi connectivity index (χ0) is 23.8. The summed E-state index contributed by atoms with van der Waals surface area (Å²) < 4.78 is 0. The molecule has 4 rings (SSSR count). The van der Waals surface area contributed by atoms with E-state index in [0.29, 0.717) is 5.13 Å². The first kappa shape index (κ1) is 23.5. The molecular formula is C26H22ClN3O3S. The first-order valence-electron chi connectivity index (χ1n) is 10.5. The Hall–Kier alpha value is -3.68. The van der Waals surface area contributed by atoms with Crippen LogP contribution in [0.3, 0.4) is 0 Å². The first-order chi connectivity index (χ1) is 16.6. The molecule has 0 amide bonds. The number of nitrogens with one attached hydrogen (secondary N) is 1. The lowest BCUT2D eigenvalue weighted by Crippen LogP contribution is -2.38. The number of nitrogens with zero attached hydrogens (tertiary/aromatic N) is 2. The predicted molar refractivity (Wildman–Crippen MR) is 136 cm³/mol. The molecule has 1 aromatic heterocycles. The summed E-state index contributed by atoms with van der Waals surface area (Å²) in [5, 5.41) is 19.1. The summed E-state index contributed by atoms with van der Waals surface area (Å²) in [7, 11) is 0. The highest BCUT2D eigenvalue weighted by atomic mass is 35.5. The molecule has 0 fully saturated rings. The van der Waals surface area contributed by atoms with E-state index in [1.165, 1.54) is 11.3 Å². The van der Waals surface area contributed by atoms with Gasteiger partial charge >= 0.3 is 5.97 Å². The summed E-state index contributed by atoms with van der Waals surface area (Å²) in [6.45, 7) is 0.104. The lowest BCUT2D eigenvalue weighted by molar-refractivity contribution is -0.129. The number of anilines is 1. The normalized spacial score (nSPS) is 11.7. The van der Waals surface area contributed by atoms with Crippen LogP contribution >= 0.6 is 22.9 Å². The van der Waals surface area contributed by atoms with Gasteiger partial charge in [0.15, 0.2) is 5.13 Å². The lowest BCUT2D eigenvalue weighted by Gasteiger charge is -2.36. The molecule has 0 unspecified atom stereocenters. The monoisotopic (exact) mass is 491 g/mol. The summed E-state index contributed by atoms with van der Waals surface area (Å²) in [4.78, 5) is 21.3. The summed E-state index contributed by atoms with van der Waals surface area (Å²) in [5.74, 6) is -1.03. The van der Waals surface area contributed by atoms with Crippen molar-refractivity contribution in [2.75, 3.05) is 17.8 Å². The van der Waals surface area contributed by atoms with Crippen LogP contribution in [0, 0.1) is 0 Å². The van der Waals surface area contributed by atoms with Gasteiger partial charge in [-0.15, -0.1) is 22.9 Å². The molecule has 1 heterocycles. The third kappa shape index (κ3) is 4.95. The van der Waals surface area contributed by atoms with Crippen molar-refractivity contribution >= 4 is 39.8 Å². The second-order valence-electron chi connectivity index (χ2n) is 7.28. The van der Waals surface area contributed by atoms with Gasteiger partial charge in [-0.3, -0.25) is 0 Å². The van der Waals surface area contributed by atoms with E-state index in [1.807, 2.05) is 54.6 Å². The minimum absolute atomic E-state index is 0.104. The fraction of sp³-hybridized carbons (Fsp3) is 0.115. The molecule has 0 aliphatic heterocycles. The van der Waals surface area contributed by atoms with Crippen LogP contribution in [0.15, 0.2) is 102 Å². The number of rotatable bonds is 10. The topological polar surface area (TPSA) is 83.8 Å². The van der Waals surface area contributed by atoms with Crippen molar-refractivity contribution in [2.24, 2.45) is 5.16 Å². The Morgan fingerprint density at radius 2 is 1.44 bits per heavy atom. The van der Waals surface area contributed by atoms with Crippen LogP contribution in [0.25, 0.3) is 0 Å². The number of thiazole rings is 1.